The van der Waals surface area contributed by atoms with Crippen LogP contribution in [0.3, 0.4) is 0 Å². The Hall–Kier alpha value is -0.540. The Balaban J connectivity index is 1.99. The molecule has 1 aliphatic carbocycles. The van der Waals surface area contributed by atoms with E-state index in [1.807, 2.05) is 0 Å². The number of fused-ring (bicyclic) bond motifs is 2. The minimum atomic E-state index is 0.217. The molecule has 1 fully saturated rings. The Bertz CT molecular complexity index is 405. The molecule has 0 amide bonds. The molecule has 0 bridgehead atoms. The molecule has 0 saturated heterocycles. The third-order valence-corrected chi connectivity index (χ3v) is 4.49. The van der Waals surface area contributed by atoms with Crippen molar-refractivity contribution in [2.45, 2.75) is 37.8 Å². The first-order valence-corrected chi connectivity index (χ1v) is 6.86. The summed E-state index contributed by atoms with van der Waals surface area (Å²) >= 11 is 3.52. The lowest BCUT2D eigenvalue weighted by atomic mass is 9.75. The van der Waals surface area contributed by atoms with E-state index >= 15 is 0 Å². The Morgan fingerprint density at radius 1 is 1.25 bits per heavy atom. The third kappa shape index (κ3) is 1.66. The molecular formula is C13H17BrN2. The molecule has 1 heterocycles. The number of rotatable bonds is 0. The lowest BCUT2D eigenvalue weighted by Crippen LogP contribution is -2.43. The Morgan fingerprint density at radius 3 is 2.94 bits per heavy atom. The maximum atomic E-state index is 6.40. The van der Waals surface area contributed by atoms with Gasteiger partial charge in [0.05, 0.1) is 0 Å². The lowest BCUT2D eigenvalue weighted by Gasteiger charge is -2.42. The first-order chi connectivity index (χ1) is 7.75. The minimum Gasteiger partial charge on any atom is -0.382 e. The molecule has 3 N–H and O–H groups in total. The lowest BCUT2D eigenvalue weighted by molar-refractivity contribution is 0.271. The molecule has 3 atom stereocenters. The minimum absolute atomic E-state index is 0.217. The molecule has 2 aliphatic rings. The van der Waals surface area contributed by atoms with Crippen molar-refractivity contribution in [3.8, 4) is 0 Å². The molecule has 0 aromatic heterocycles. The van der Waals surface area contributed by atoms with E-state index in [0.717, 1.165) is 4.47 Å². The molecule has 1 saturated carbocycles. The number of nitrogens with two attached hydrogens (primary N) is 1. The van der Waals surface area contributed by atoms with Crippen LogP contribution < -0.4 is 11.1 Å². The summed E-state index contributed by atoms with van der Waals surface area (Å²) in [5.74, 6) is 0.627. The van der Waals surface area contributed by atoms with Gasteiger partial charge in [0, 0.05) is 22.2 Å². The summed E-state index contributed by atoms with van der Waals surface area (Å²) in [5.41, 5.74) is 8.91. The van der Waals surface area contributed by atoms with Gasteiger partial charge in [-0.25, -0.2) is 0 Å². The summed E-state index contributed by atoms with van der Waals surface area (Å²) in [7, 11) is 0. The van der Waals surface area contributed by atoms with Crippen molar-refractivity contribution >= 4 is 21.6 Å². The summed E-state index contributed by atoms with van der Waals surface area (Å²) in [6.07, 6.45) is 5.21. The summed E-state index contributed by atoms with van der Waals surface area (Å²) in [4.78, 5) is 0. The first-order valence-electron chi connectivity index (χ1n) is 6.07. The highest BCUT2D eigenvalue weighted by atomic mass is 79.9. The molecular weight excluding hydrogens is 264 g/mol. The first kappa shape index (κ1) is 10.6. The highest BCUT2D eigenvalue weighted by molar-refractivity contribution is 9.10. The fourth-order valence-electron chi connectivity index (χ4n) is 3.14. The topological polar surface area (TPSA) is 38.0 Å². The van der Waals surface area contributed by atoms with E-state index in [1.54, 1.807) is 0 Å². The number of anilines is 1. The highest BCUT2D eigenvalue weighted by Gasteiger charge is 2.35. The van der Waals surface area contributed by atoms with Crippen LogP contribution in [-0.2, 0) is 0 Å². The quantitative estimate of drug-likeness (QED) is 0.764. The zero-order valence-corrected chi connectivity index (χ0v) is 10.8. The van der Waals surface area contributed by atoms with Gasteiger partial charge in [0.2, 0.25) is 0 Å². The van der Waals surface area contributed by atoms with Crippen LogP contribution in [0.15, 0.2) is 22.7 Å². The largest absolute Gasteiger partial charge is 0.382 e. The zero-order chi connectivity index (χ0) is 11.1. The fourth-order valence-corrected chi connectivity index (χ4v) is 3.50. The van der Waals surface area contributed by atoms with Gasteiger partial charge in [-0.1, -0.05) is 34.8 Å². The van der Waals surface area contributed by atoms with Crippen molar-refractivity contribution in [1.82, 2.24) is 0 Å². The van der Waals surface area contributed by atoms with Gasteiger partial charge in [0.15, 0.2) is 0 Å². The van der Waals surface area contributed by atoms with Gasteiger partial charge in [-0.3, -0.25) is 0 Å². The number of benzene rings is 1. The van der Waals surface area contributed by atoms with Gasteiger partial charge in [-0.15, -0.1) is 0 Å². The van der Waals surface area contributed by atoms with Crippen LogP contribution in [0.2, 0.25) is 0 Å². The van der Waals surface area contributed by atoms with E-state index in [4.69, 9.17) is 5.73 Å². The van der Waals surface area contributed by atoms with Crippen LogP contribution in [0.1, 0.15) is 37.3 Å². The zero-order valence-electron chi connectivity index (χ0n) is 9.25. The van der Waals surface area contributed by atoms with Crippen molar-refractivity contribution in [3.63, 3.8) is 0 Å². The van der Waals surface area contributed by atoms with Crippen molar-refractivity contribution in [1.29, 1.82) is 0 Å². The van der Waals surface area contributed by atoms with Gasteiger partial charge in [-0.05, 0) is 36.5 Å². The number of nitrogens with one attached hydrogen (secondary N) is 1. The van der Waals surface area contributed by atoms with E-state index in [9.17, 15) is 0 Å². The smallest absolute Gasteiger partial charge is 0.0402 e. The molecule has 1 aliphatic heterocycles. The van der Waals surface area contributed by atoms with E-state index in [2.05, 4.69) is 39.4 Å². The van der Waals surface area contributed by atoms with Gasteiger partial charge in [-0.2, -0.15) is 0 Å². The highest BCUT2D eigenvalue weighted by Crippen LogP contribution is 2.42. The van der Waals surface area contributed by atoms with Crippen LogP contribution >= 0.6 is 15.9 Å². The Labute approximate surface area is 105 Å². The van der Waals surface area contributed by atoms with E-state index in [1.165, 1.54) is 36.9 Å². The predicted molar refractivity (Wildman–Crippen MR) is 70.4 cm³/mol. The average molecular weight is 281 g/mol. The van der Waals surface area contributed by atoms with Crippen LogP contribution in [0.25, 0.3) is 0 Å². The van der Waals surface area contributed by atoms with Crippen LogP contribution in [0, 0.1) is 5.92 Å². The van der Waals surface area contributed by atoms with Crippen molar-refractivity contribution in [3.05, 3.63) is 28.2 Å². The Morgan fingerprint density at radius 2 is 2.06 bits per heavy atom. The number of hydrogen-bond acceptors (Lipinski definition) is 2. The molecule has 2 nitrogen and oxygen atoms in total. The number of halogens is 1. The molecule has 0 radical (unpaired) electrons. The molecule has 86 valence electrons. The summed E-state index contributed by atoms with van der Waals surface area (Å²) < 4.78 is 1.13. The maximum absolute atomic E-state index is 6.40. The maximum Gasteiger partial charge on any atom is 0.0402 e. The van der Waals surface area contributed by atoms with Gasteiger partial charge >= 0.3 is 0 Å². The van der Waals surface area contributed by atoms with Crippen molar-refractivity contribution in [2.75, 3.05) is 5.32 Å². The van der Waals surface area contributed by atoms with Gasteiger partial charge in [0.1, 0.15) is 0 Å². The van der Waals surface area contributed by atoms with Crippen molar-refractivity contribution in [2.24, 2.45) is 11.7 Å². The monoisotopic (exact) mass is 280 g/mol. The van der Waals surface area contributed by atoms with Gasteiger partial charge < -0.3 is 11.1 Å². The molecule has 3 unspecified atom stereocenters. The second kappa shape index (κ2) is 4.04. The third-order valence-electron chi connectivity index (χ3n) is 4.00. The Kier molecular flexibility index (Phi) is 2.68. The average Bonchev–Trinajstić information content (AvgIpc) is 2.29. The van der Waals surface area contributed by atoms with Crippen LogP contribution in [0.5, 0.6) is 0 Å². The number of hydrogen-bond donors (Lipinski definition) is 2. The molecule has 3 rings (SSSR count). The van der Waals surface area contributed by atoms with Crippen LogP contribution in [0.4, 0.5) is 5.69 Å². The normalized spacial score (nSPS) is 32.5. The standard InChI is InChI=1S/C13H17BrN2/c14-8-5-6-10-12(7-8)16-11-4-2-1-3-9(11)13(10)15/h5-7,9,11,13,16H,1-4,15H2. The second-order valence-electron chi connectivity index (χ2n) is 4.96. The summed E-state index contributed by atoms with van der Waals surface area (Å²) in [5, 5.41) is 3.66. The molecule has 1 aromatic carbocycles. The predicted octanol–water partition coefficient (Wildman–Crippen LogP) is 3.43. The van der Waals surface area contributed by atoms with Crippen molar-refractivity contribution < 1.29 is 0 Å². The molecule has 16 heavy (non-hydrogen) atoms. The van der Waals surface area contributed by atoms with E-state index in [-0.39, 0.29) is 6.04 Å². The second-order valence-corrected chi connectivity index (χ2v) is 5.87. The van der Waals surface area contributed by atoms with E-state index in [0.29, 0.717) is 12.0 Å². The summed E-state index contributed by atoms with van der Waals surface area (Å²) in [6, 6.07) is 7.20. The molecule has 3 heteroatoms. The van der Waals surface area contributed by atoms with Crippen LogP contribution in [-0.4, -0.2) is 6.04 Å². The molecule has 0 spiro atoms. The SMILES string of the molecule is NC1c2ccc(Br)cc2NC2CCCCC21. The summed E-state index contributed by atoms with van der Waals surface area (Å²) in [6.45, 7) is 0. The molecule has 1 aromatic rings. The fraction of sp³-hybridized carbons (Fsp3) is 0.538. The van der Waals surface area contributed by atoms with Gasteiger partial charge in [0.25, 0.3) is 0 Å². The van der Waals surface area contributed by atoms with E-state index < -0.39 is 0 Å².